The Morgan fingerprint density at radius 1 is 0.923 bits per heavy atom. The van der Waals surface area contributed by atoms with E-state index in [1.807, 2.05) is 47.4 Å². The topological polar surface area (TPSA) is 38.8 Å². The van der Waals surface area contributed by atoms with Crippen LogP contribution in [0.15, 0.2) is 42.5 Å². The highest BCUT2D eigenvalue weighted by Crippen LogP contribution is 2.36. The Labute approximate surface area is 155 Å². The van der Waals surface area contributed by atoms with Gasteiger partial charge in [0.25, 0.3) is 5.91 Å². The molecule has 0 saturated heterocycles. The summed E-state index contributed by atoms with van der Waals surface area (Å²) < 4.78 is 10.8. The first kappa shape index (κ1) is 18.3. The number of ether oxygens (including phenoxy) is 2. The van der Waals surface area contributed by atoms with Crippen molar-refractivity contribution < 1.29 is 14.3 Å². The third-order valence-electron chi connectivity index (χ3n) is 4.67. The molecule has 0 aromatic heterocycles. The van der Waals surface area contributed by atoms with E-state index in [1.165, 1.54) is 0 Å². The van der Waals surface area contributed by atoms with E-state index in [0.717, 1.165) is 67.0 Å². The summed E-state index contributed by atoms with van der Waals surface area (Å²) in [5.74, 6) is 1.65. The van der Waals surface area contributed by atoms with Gasteiger partial charge in [0.1, 0.15) is 0 Å². The van der Waals surface area contributed by atoms with Gasteiger partial charge in [-0.1, -0.05) is 44.9 Å². The highest BCUT2D eigenvalue weighted by Gasteiger charge is 2.17. The predicted octanol–water partition coefficient (Wildman–Crippen LogP) is 5.12. The first-order chi connectivity index (χ1) is 12.7. The number of rotatable bonds is 8. The molecule has 0 bridgehead atoms. The quantitative estimate of drug-likeness (QED) is 0.661. The fourth-order valence-electron chi connectivity index (χ4n) is 3.10. The lowest BCUT2D eigenvalue weighted by atomic mass is 10.0. The van der Waals surface area contributed by atoms with E-state index in [1.54, 1.807) is 0 Å². The van der Waals surface area contributed by atoms with Gasteiger partial charge in [0.15, 0.2) is 11.5 Å². The van der Waals surface area contributed by atoms with Gasteiger partial charge in [-0.15, -0.1) is 0 Å². The molecular formula is C22H27NO3. The largest absolute Gasteiger partial charge is 0.454 e. The van der Waals surface area contributed by atoms with Gasteiger partial charge in [-0.05, 0) is 48.2 Å². The van der Waals surface area contributed by atoms with Crippen LogP contribution in [-0.4, -0.2) is 30.7 Å². The van der Waals surface area contributed by atoms with Crippen LogP contribution in [0.4, 0.5) is 0 Å². The van der Waals surface area contributed by atoms with Crippen LogP contribution in [-0.2, 0) is 0 Å². The fraction of sp³-hybridized carbons (Fsp3) is 0.409. The molecule has 2 aromatic carbocycles. The molecule has 1 aliphatic rings. The van der Waals surface area contributed by atoms with E-state index in [0.29, 0.717) is 0 Å². The third kappa shape index (κ3) is 4.18. The Bertz CT molecular complexity index is 749. The molecule has 0 aliphatic carbocycles. The minimum absolute atomic E-state index is 0.120. The number of carbonyl (C=O) groups is 1. The highest BCUT2D eigenvalue weighted by atomic mass is 16.7. The minimum atomic E-state index is 0.120. The van der Waals surface area contributed by atoms with Gasteiger partial charge in [0, 0.05) is 18.7 Å². The van der Waals surface area contributed by atoms with Crippen LogP contribution in [0.2, 0.25) is 0 Å². The summed E-state index contributed by atoms with van der Waals surface area (Å²) in [7, 11) is 0. The van der Waals surface area contributed by atoms with Gasteiger partial charge in [0.2, 0.25) is 6.79 Å². The van der Waals surface area contributed by atoms with Crippen molar-refractivity contribution in [2.75, 3.05) is 19.9 Å². The lowest BCUT2D eigenvalue weighted by Crippen LogP contribution is -2.32. The van der Waals surface area contributed by atoms with Crippen LogP contribution in [0.5, 0.6) is 11.5 Å². The summed E-state index contributed by atoms with van der Waals surface area (Å²) in [6.45, 7) is 6.22. The molecule has 0 spiro atoms. The van der Waals surface area contributed by atoms with Crippen molar-refractivity contribution in [3.8, 4) is 22.6 Å². The molecule has 0 fully saturated rings. The van der Waals surface area contributed by atoms with Gasteiger partial charge >= 0.3 is 0 Å². The summed E-state index contributed by atoms with van der Waals surface area (Å²) in [6.07, 6.45) is 4.26. The molecule has 138 valence electrons. The predicted molar refractivity (Wildman–Crippen MR) is 104 cm³/mol. The molecule has 0 unspecified atom stereocenters. The number of benzene rings is 2. The first-order valence-corrected chi connectivity index (χ1v) is 9.52. The van der Waals surface area contributed by atoms with Gasteiger partial charge in [-0.3, -0.25) is 4.79 Å². The minimum Gasteiger partial charge on any atom is -0.454 e. The summed E-state index contributed by atoms with van der Waals surface area (Å²) in [5, 5.41) is 0. The number of hydrogen-bond donors (Lipinski definition) is 0. The molecule has 0 radical (unpaired) electrons. The molecule has 2 aromatic rings. The average molecular weight is 353 g/mol. The van der Waals surface area contributed by atoms with Crippen molar-refractivity contribution in [3.05, 3.63) is 48.0 Å². The Kier molecular flexibility index (Phi) is 6.16. The molecule has 3 rings (SSSR count). The standard InChI is InChI=1S/C22H27NO3/c1-3-5-12-23(13-6-4-2)22(24)19-9-7-8-17(14-19)18-10-11-20-21(15-18)26-16-25-20/h7-11,14-15H,3-6,12-13,16H2,1-2H3. The zero-order chi connectivity index (χ0) is 18.4. The van der Waals surface area contributed by atoms with Crippen molar-refractivity contribution in [2.24, 2.45) is 0 Å². The van der Waals surface area contributed by atoms with Crippen molar-refractivity contribution in [2.45, 2.75) is 39.5 Å². The molecule has 1 heterocycles. The molecule has 0 atom stereocenters. The Balaban J connectivity index is 1.82. The second-order valence-corrected chi connectivity index (χ2v) is 6.65. The third-order valence-corrected chi connectivity index (χ3v) is 4.67. The fourth-order valence-corrected chi connectivity index (χ4v) is 3.10. The van der Waals surface area contributed by atoms with Crippen LogP contribution < -0.4 is 9.47 Å². The number of hydrogen-bond acceptors (Lipinski definition) is 3. The smallest absolute Gasteiger partial charge is 0.253 e. The molecule has 4 nitrogen and oxygen atoms in total. The number of nitrogens with zero attached hydrogens (tertiary/aromatic N) is 1. The summed E-state index contributed by atoms with van der Waals surface area (Å²) in [4.78, 5) is 15.0. The molecular weight excluding hydrogens is 326 g/mol. The Morgan fingerprint density at radius 3 is 2.35 bits per heavy atom. The Hall–Kier alpha value is -2.49. The summed E-state index contributed by atoms with van der Waals surface area (Å²) in [5.41, 5.74) is 2.78. The maximum Gasteiger partial charge on any atom is 0.253 e. The van der Waals surface area contributed by atoms with Crippen molar-refractivity contribution in [1.29, 1.82) is 0 Å². The average Bonchev–Trinajstić information content (AvgIpc) is 3.15. The SMILES string of the molecule is CCCCN(CCCC)C(=O)c1cccc(-c2ccc3c(c2)OCO3)c1. The number of carbonyl (C=O) groups excluding carboxylic acids is 1. The van der Waals surface area contributed by atoms with E-state index in [-0.39, 0.29) is 12.7 Å². The van der Waals surface area contributed by atoms with Crippen molar-refractivity contribution in [1.82, 2.24) is 4.90 Å². The summed E-state index contributed by atoms with van der Waals surface area (Å²) >= 11 is 0. The molecule has 1 amide bonds. The maximum absolute atomic E-state index is 13.0. The molecule has 4 heteroatoms. The van der Waals surface area contributed by atoms with E-state index in [4.69, 9.17) is 9.47 Å². The van der Waals surface area contributed by atoms with Crippen LogP contribution in [0.3, 0.4) is 0 Å². The molecule has 0 saturated carbocycles. The van der Waals surface area contributed by atoms with Crippen molar-refractivity contribution >= 4 is 5.91 Å². The highest BCUT2D eigenvalue weighted by molar-refractivity contribution is 5.95. The number of amides is 1. The first-order valence-electron chi connectivity index (χ1n) is 9.52. The van der Waals surface area contributed by atoms with Gasteiger partial charge in [0.05, 0.1) is 0 Å². The summed E-state index contributed by atoms with van der Waals surface area (Å²) in [6, 6.07) is 13.7. The van der Waals surface area contributed by atoms with E-state index in [2.05, 4.69) is 13.8 Å². The van der Waals surface area contributed by atoms with Gasteiger partial charge in [-0.2, -0.15) is 0 Å². The van der Waals surface area contributed by atoms with Crippen LogP contribution in [0.1, 0.15) is 49.9 Å². The van der Waals surface area contributed by atoms with Crippen LogP contribution >= 0.6 is 0 Å². The van der Waals surface area contributed by atoms with Crippen LogP contribution in [0, 0.1) is 0 Å². The monoisotopic (exact) mass is 353 g/mol. The van der Waals surface area contributed by atoms with E-state index in [9.17, 15) is 4.79 Å². The van der Waals surface area contributed by atoms with Gasteiger partial charge < -0.3 is 14.4 Å². The maximum atomic E-state index is 13.0. The number of fused-ring (bicyclic) bond motifs is 1. The number of unbranched alkanes of at least 4 members (excludes halogenated alkanes) is 2. The molecule has 26 heavy (non-hydrogen) atoms. The lowest BCUT2D eigenvalue weighted by Gasteiger charge is -2.22. The zero-order valence-electron chi connectivity index (χ0n) is 15.7. The van der Waals surface area contributed by atoms with Crippen LogP contribution in [0.25, 0.3) is 11.1 Å². The van der Waals surface area contributed by atoms with E-state index >= 15 is 0 Å². The van der Waals surface area contributed by atoms with E-state index < -0.39 is 0 Å². The zero-order valence-corrected chi connectivity index (χ0v) is 15.7. The second-order valence-electron chi connectivity index (χ2n) is 6.65. The van der Waals surface area contributed by atoms with Gasteiger partial charge in [-0.25, -0.2) is 0 Å². The lowest BCUT2D eigenvalue weighted by molar-refractivity contribution is 0.0751. The second kappa shape index (κ2) is 8.75. The normalized spacial score (nSPS) is 12.2. The van der Waals surface area contributed by atoms with Crippen molar-refractivity contribution in [3.63, 3.8) is 0 Å². The molecule has 1 aliphatic heterocycles. The Morgan fingerprint density at radius 2 is 1.62 bits per heavy atom. The molecule has 0 N–H and O–H groups in total.